The maximum atomic E-state index is 12.2. The molecule has 126 valence electrons. The fraction of sp³-hybridized carbons (Fsp3) is 0.300. The van der Waals surface area contributed by atoms with E-state index in [1.807, 2.05) is 56.3 Å². The first-order valence-corrected chi connectivity index (χ1v) is 9.22. The molecule has 0 spiro atoms. The largest absolute Gasteiger partial charge is 0.325 e. The Hall–Kier alpha value is -2.07. The second-order valence-corrected chi connectivity index (χ2v) is 6.80. The molecule has 0 aliphatic heterocycles. The van der Waals surface area contributed by atoms with Crippen molar-refractivity contribution in [2.45, 2.75) is 27.2 Å². The first kappa shape index (κ1) is 18.3. The number of carbonyl (C=O) groups is 2. The van der Waals surface area contributed by atoms with Crippen LogP contribution in [0.25, 0.3) is 0 Å². The first-order valence-electron chi connectivity index (χ1n) is 8.06. The van der Waals surface area contributed by atoms with Crippen molar-refractivity contribution in [1.82, 2.24) is 0 Å². The van der Waals surface area contributed by atoms with Crippen molar-refractivity contribution in [2.24, 2.45) is 0 Å². The van der Waals surface area contributed by atoms with Crippen LogP contribution in [0.2, 0.25) is 0 Å². The minimum absolute atomic E-state index is 0.0585. The van der Waals surface area contributed by atoms with Gasteiger partial charge in [0.25, 0.3) is 0 Å². The van der Waals surface area contributed by atoms with E-state index < -0.39 is 0 Å². The Morgan fingerprint density at radius 2 is 1.67 bits per heavy atom. The molecule has 0 fully saturated rings. The average Bonchev–Trinajstić information content (AvgIpc) is 2.58. The van der Waals surface area contributed by atoms with Gasteiger partial charge >= 0.3 is 0 Å². The van der Waals surface area contributed by atoms with Crippen LogP contribution in [0.3, 0.4) is 0 Å². The Labute approximate surface area is 147 Å². The quantitative estimate of drug-likeness (QED) is 0.758. The van der Waals surface area contributed by atoms with E-state index in [1.54, 1.807) is 0 Å². The summed E-state index contributed by atoms with van der Waals surface area (Å²) in [5, 5.41) is 2.85. The molecule has 0 bridgehead atoms. The number of Topliss-reactive ketones (excluding diaryl/α,β-unsaturated/α-hetero) is 1. The third kappa shape index (κ3) is 5.24. The van der Waals surface area contributed by atoms with E-state index in [2.05, 4.69) is 12.2 Å². The molecule has 24 heavy (non-hydrogen) atoms. The van der Waals surface area contributed by atoms with Gasteiger partial charge in [-0.15, -0.1) is 11.8 Å². The molecule has 1 N–H and O–H groups in total. The predicted octanol–water partition coefficient (Wildman–Crippen LogP) is 4.42. The van der Waals surface area contributed by atoms with Crippen LogP contribution in [-0.2, 0) is 11.2 Å². The fourth-order valence-electron chi connectivity index (χ4n) is 2.26. The number of aryl methyl sites for hydroxylation is 3. The van der Waals surface area contributed by atoms with Gasteiger partial charge < -0.3 is 5.32 Å². The SMILES string of the molecule is CCc1ccc(NC(=O)CSCC(=O)c2ccc(C)c(C)c2)cc1. The van der Waals surface area contributed by atoms with E-state index in [4.69, 9.17) is 0 Å². The van der Waals surface area contributed by atoms with Gasteiger partial charge in [-0.05, 0) is 55.2 Å². The Bertz CT molecular complexity index is 723. The van der Waals surface area contributed by atoms with Crippen LogP contribution in [0.4, 0.5) is 5.69 Å². The zero-order valence-electron chi connectivity index (χ0n) is 14.4. The number of nitrogens with one attached hydrogen (secondary N) is 1. The lowest BCUT2D eigenvalue weighted by Crippen LogP contribution is -2.15. The number of ketones is 1. The topological polar surface area (TPSA) is 46.2 Å². The van der Waals surface area contributed by atoms with Crippen LogP contribution in [0.15, 0.2) is 42.5 Å². The zero-order chi connectivity index (χ0) is 17.5. The van der Waals surface area contributed by atoms with Gasteiger partial charge in [0, 0.05) is 11.3 Å². The van der Waals surface area contributed by atoms with Crippen molar-refractivity contribution < 1.29 is 9.59 Å². The van der Waals surface area contributed by atoms with E-state index >= 15 is 0 Å². The highest BCUT2D eigenvalue weighted by atomic mass is 32.2. The lowest BCUT2D eigenvalue weighted by atomic mass is 10.0. The number of rotatable bonds is 7. The molecular weight excluding hydrogens is 318 g/mol. The third-order valence-corrected chi connectivity index (χ3v) is 4.87. The maximum Gasteiger partial charge on any atom is 0.234 e. The molecule has 0 radical (unpaired) electrons. The standard InChI is InChI=1S/C20H23NO2S/c1-4-16-6-9-18(10-7-16)21-20(23)13-24-12-19(22)17-8-5-14(2)15(3)11-17/h5-11H,4,12-13H2,1-3H3,(H,21,23). The highest BCUT2D eigenvalue weighted by Gasteiger charge is 2.09. The molecule has 2 aromatic rings. The summed E-state index contributed by atoms with van der Waals surface area (Å²) in [6.07, 6.45) is 0.977. The monoisotopic (exact) mass is 341 g/mol. The predicted molar refractivity (Wildman–Crippen MR) is 102 cm³/mol. The number of thioether (sulfide) groups is 1. The minimum Gasteiger partial charge on any atom is -0.325 e. The summed E-state index contributed by atoms with van der Waals surface area (Å²) in [6.45, 7) is 6.11. The number of amides is 1. The van der Waals surface area contributed by atoms with Crippen molar-refractivity contribution in [1.29, 1.82) is 0 Å². The molecule has 0 unspecified atom stereocenters. The smallest absolute Gasteiger partial charge is 0.234 e. The summed E-state index contributed by atoms with van der Waals surface area (Å²) in [7, 11) is 0. The van der Waals surface area contributed by atoms with Crippen LogP contribution in [-0.4, -0.2) is 23.2 Å². The number of hydrogen-bond donors (Lipinski definition) is 1. The number of anilines is 1. The van der Waals surface area contributed by atoms with Crippen LogP contribution < -0.4 is 5.32 Å². The summed E-state index contributed by atoms with van der Waals surface area (Å²) in [6, 6.07) is 13.5. The Morgan fingerprint density at radius 3 is 2.29 bits per heavy atom. The second kappa shape index (κ2) is 8.69. The molecule has 2 aromatic carbocycles. The van der Waals surface area contributed by atoms with Crippen LogP contribution in [0.1, 0.15) is 34.0 Å². The molecule has 0 aliphatic carbocycles. The van der Waals surface area contributed by atoms with Crippen molar-refractivity contribution in [3.63, 3.8) is 0 Å². The molecule has 2 rings (SSSR count). The highest BCUT2D eigenvalue weighted by Crippen LogP contribution is 2.14. The van der Waals surface area contributed by atoms with Gasteiger partial charge in [-0.2, -0.15) is 0 Å². The molecule has 0 heterocycles. The number of benzene rings is 2. The Balaban J connectivity index is 1.79. The van der Waals surface area contributed by atoms with Gasteiger partial charge in [0.15, 0.2) is 5.78 Å². The van der Waals surface area contributed by atoms with Gasteiger partial charge in [-0.1, -0.05) is 31.2 Å². The molecule has 4 heteroatoms. The van der Waals surface area contributed by atoms with Gasteiger partial charge in [0.1, 0.15) is 0 Å². The molecule has 3 nitrogen and oxygen atoms in total. The van der Waals surface area contributed by atoms with E-state index in [0.717, 1.165) is 17.7 Å². The van der Waals surface area contributed by atoms with E-state index in [-0.39, 0.29) is 17.4 Å². The average molecular weight is 341 g/mol. The van der Waals surface area contributed by atoms with E-state index in [1.165, 1.54) is 22.9 Å². The summed E-state index contributed by atoms with van der Waals surface area (Å²) >= 11 is 1.34. The fourth-order valence-corrected chi connectivity index (χ4v) is 2.97. The third-order valence-electron chi connectivity index (χ3n) is 3.94. The van der Waals surface area contributed by atoms with Gasteiger partial charge in [0.05, 0.1) is 11.5 Å². The highest BCUT2D eigenvalue weighted by molar-refractivity contribution is 8.00. The molecule has 0 atom stereocenters. The minimum atomic E-state index is -0.0860. The second-order valence-electron chi connectivity index (χ2n) is 5.81. The maximum absolute atomic E-state index is 12.2. The van der Waals surface area contributed by atoms with Crippen molar-refractivity contribution in [2.75, 3.05) is 16.8 Å². The molecule has 0 saturated carbocycles. The van der Waals surface area contributed by atoms with Gasteiger partial charge in [-0.25, -0.2) is 0 Å². The lowest BCUT2D eigenvalue weighted by molar-refractivity contribution is -0.113. The number of carbonyl (C=O) groups excluding carboxylic acids is 2. The van der Waals surface area contributed by atoms with Gasteiger partial charge in [-0.3, -0.25) is 9.59 Å². The Kier molecular flexibility index (Phi) is 6.62. The van der Waals surface area contributed by atoms with Crippen molar-refractivity contribution in [3.05, 3.63) is 64.7 Å². The summed E-state index contributed by atoms with van der Waals surface area (Å²) in [5.41, 5.74) is 5.02. The normalized spacial score (nSPS) is 10.5. The summed E-state index contributed by atoms with van der Waals surface area (Å²) in [5.74, 6) is 0.553. The molecule has 0 saturated heterocycles. The van der Waals surface area contributed by atoms with Crippen LogP contribution in [0, 0.1) is 13.8 Å². The Morgan fingerprint density at radius 1 is 0.958 bits per heavy atom. The van der Waals surface area contributed by atoms with E-state index in [9.17, 15) is 9.59 Å². The summed E-state index contributed by atoms with van der Waals surface area (Å²) in [4.78, 5) is 24.1. The molecule has 1 amide bonds. The van der Waals surface area contributed by atoms with Crippen LogP contribution >= 0.6 is 11.8 Å². The zero-order valence-corrected chi connectivity index (χ0v) is 15.2. The molecule has 0 aliphatic rings. The van der Waals surface area contributed by atoms with Crippen molar-refractivity contribution in [3.8, 4) is 0 Å². The van der Waals surface area contributed by atoms with Crippen molar-refractivity contribution >= 4 is 29.1 Å². The summed E-state index contributed by atoms with van der Waals surface area (Å²) < 4.78 is 0. The van der Waals surface area contributed by atoms with Gasteiger partial charge in [0.2, 0.25) is 5.91 Å². The molecular formula is C20H23NO2S. The molecule has 0 aromatic heterocycles. The van der Waals surface area contributed by atoms with Crippen LogP contribution in [0.5, 0.6) is 0 Å². The lowest BCUT2D eigenvalue weighted by Gasteiger charge is -2.07. The number of hydrogen-bond acceptors (Lipinski definition) is 3. The van der Waals surface area contributed by atoms with E-state index in [0.29, 0.717) is 11.3 Å². The first-order chi connectivity index (χ1) is 11.5.